The van der Waals surface area contributed by atoms with E-state index in [9.17, 15) is 4.79 Å². The van der Waals surface area contributed by atoms with Gasteiger partial charge in [-0.25, -0.2) is 4.68 Å². The lowest BCUT2D eigenvalue weighted by atomic mass is 9.80. The van der Waals surface area contributed by atoms with Crippen molar-refractivity contribution >= 4 is 5.91 Å². The summed E-state index contributed by atoms with van der Waals surface area (Å²) < 4.78 is 1.94. The van der Waals surface area contributed by atoms with Gasteiger partial charge in [-0.3, -0.25) is 4.79 Å². The molecule has 2 rings (SSSR count). The molecule has 1 aromatic rings. The summed E-state index contributed by atoms with van der Waals surface area (Å²) in [5.41, 5.74) is 6.67. The summed E-state index contributed by atoms with van der Waals surface area (Å²) in [6.07, 6.45) is 5.63. The average molecular weight is 264 g/mol. The second kappa shape index (κ2) is 5.72. The Bertz CT molecular complexity index is 448. The highest BCUT2D eigenvalue weighted by molar-refractivity contribution is 5.91. The molecule has 0 aromatic carbocycles. The Hall–Kier alpha value is -1.39. The van der Waals surface area contributed by atoms with Gasteiger partial charge >= 0.3 is 0 Å². The summed E-state index contributed by atoms with van der Waals surface area (Å²) in [5, 5.41) is 8.18. The zero-order chi connectivity index (χ0) is 14.0. The Balaban J connectivity index is 2.23. The highest BCUT2D eigenvalue weighted by Gasteiger charge is 2.29. The first-order valence-electron chi connectivity index (χ1n) is 7.24. The van der Waals surface area contributed by atoms with Gasteiger partial charge in [0.25, 0.3) is 5.91 Å². The van der Waals surface area contributed by atoms with Gasteiger partial charge in [-0.2, -0.15) is 0 Å². The molecule has 106 valence electrons. The number of carbonyl (C=O) groups excluding carboxylic acids is 1. The standard InChI is InChI=1S/C14H24N4O/c1-9(2)7-8-12-13(14(15)19)16-17-18(12)10(3)11-5-4-6-11/h9-11H,4-8H2,1-3H3,(H2,15,19). The molecule has 1 heterocycles. The predicted octanol–water partition coefficient (Wildman–Crippen LogP) is 2.33. The number of hydrogen-bond acceptors (Lipinski definition) is 3. The zero-order valence-electron chi connectivity index (χ0n) is 12.1. The molecule has 1 unspecified atom stereocenters. The van der Waals surface area contributed by atoms with Crippen molar-refractivity contribution in [3.8, 4) is 0 Å². The summed E-state index contributed by atoms with van der Waals surface area (Å²) >= 11 is 0. The van der Waals surface area contributed by atoms with Crippen molar-refractivity contribution in [2.45, 2.75) is 58.9 Å². The number of carbonyl (C=O) groups is 1. The largest absolute Gasteiger partial charge is 0.364 e. The van der Waals surface area contributed by atoms with Crippen LogP contribution in [0.25, 0.3) is 0 Å². The molecule has 1 aliphatic carbocycles. The summed E-state index contributed by atoms with van der Waals surface area (Å²) in [7, 11) is 0. The van der Waals surface area contributed by atoms with Gasteiger partial charge in [-0.1, -0.05) is 25.5 Å². The number of rotatable bonds is 6. The molecule has 1 aromatic heterocycles. The van der Waals surface area contributed by atoms with Crippen LogP contribution in [0.15, 0.2) is 0 Å². The van der Waals surface area contributed by atoms with Crippen LogP contribution in [0.3, 0.4) is 0 Å². The third kappa shape index (κ3) is 2.96. The molecular weight excluding hydrogens is 240 g/mol. The van der Waals surface area contributed by atoms with Gasteiger partial charge < -0.3 is 5.73 Å². The Kier molecular flexibility index (Phi) is 4.22. The van der Waals surface area contributed by atoms with E-state index in [0.717, 1.165) is 18.5 Å². The zero-order valence-corrected chi connectivity index (χ0v) is 12.1. The lowest BCUT2D eigenvalue weighted by Gasteiger charge is -2.32. The number of primary amides is 1. The van der Waals surface area contributed by atoms with E-state index < -0.39 is 5.91 Å². The van der Waals surface area contributed by atoms with Gasteiger partial charge in [0.15, 0.2) is 5.69 Å². The molecular formula is C14H24N4O. The fourth-order valence-electron chi connectivity index (χ4n) is 2.61. The molecule has 1 fully saturated rings. The maximum Gasteiger partial charge on any atom is 0.271 e. The third-order valence-electron chi connectivity index (χ3n) is 4.20. The van der Waals surface area contributed by atoms with E-state index >= 15 is 0 Å². The van der Waals surface area contributed by atoms with Crippen molar-refractivity contribution in [3.05, 3.63) is 11.4 Å². The second-order valence-corrected chi connectivity index (χ2v) is 6.06. The number of aromatic nitrogens is 3. The minimum atomic E-state index is -0.467. The van der Waals surface area contributed by atoms with E-state index in [1.807, 2.05) is 4.68 Å². The highest BCUT2D eigenvalue weighted by atomic mass is 16.1. The van der Waals surface area contributed by atoms with Crippen LogP contribution in [-0.4, -0.2) is 20.9 Å². The predicted molar refractivity (Wildman–Crippen MR) is 73.8 cm³/mol. The van der Waals surface area contributed by atoms with E-state index in [-0.39, 0.29) is 0 Å². The van der Waals surface area contributed by atoms with E-state index in [1.54, 1.807) is 0 Å². The molecule has 0 spiro atoms. The van der Waals surface area contributed by atoms with Gasteiger partial charge in [0, 0.05) is 0 Å². The fraction of sp³-hybridized carbons (Fsp3) is 0.786. The summed E-state index contributed by atoms with van der Waals surface area (Å²) in [6, 6.07) is 0.316. The Morgan fingerprint density at radius 1 is 1.42 bits per heavy atom. The summed E-state index contributed by atoms with van der Waals surface area (Å²) in [4.78, 5) is 11.5. The first-order chi connectivity index (χ1) is 9.00. The maximum absolute atomic E-state index is 11.5. The van der Waals surface area contributed by atoms with Crippen LogP contribution in [-0.2, 0) is 6.42 Å². The SMILES string of the molecule is CC(C)CCc1c(C(N)=O)nnn1C(C)C1CCC1. The van der Waals surface area contributed by atoms with Gasteiger partial charge in [-0.15, -0.1) is 5.10 Å². The Morgan fingerprint density at radius 2 is 2.11 bits per heavy atom. The van der Waals surface area contributed by atoms with Gasteiger partial charge in [0.05, 0.1) is 11.7 Å². The van der Waals surface area contributed by atoms with Crippen molar-refractivity contribution < 1.29 is 4.79 Å². The molecule has 0 saturated heterocycles. The summed E-state index contributed by atoms with van der Waals surface area (Å²) in [5.74, 6) is 0.786. The summed E-state index contributed by atoms with van der Waals surface area (Å²) in [6.45, 7) is 6.52. The Labute approximate surface area is 114 Å². The molecule has 0 radical (unpaired) electrons. The van der Waals surface area contributed by atoms with E-state index in [4.69, 9.17) is 5.73 Å². The lowest BCUT2D eigenvalue weighted by molar-refractivity contribution is 0.0994. The fourth-order valence-corrected chi connectivity index (χ4v) is 2.61. The van der Waals surface area contributed by atoms with Crippen LogP contribution in [0, 0.1) is 11.8 Å². The monoisotopic (exact) mass is 264 g/mol. The maximum atomic E-state index is 11.5. The molecule has 0 aliphatic heterocycles. The van der Waals surface area contributed by atoms with Crippen molar-refractivity contribution in [3.63, 3.8) is 0 Å². The van der Waals surface area contributed by atoms with Crippen LogP contribution in [0.5, 0.6) is 0 Å². The Morgan fingerprint density at radius 3 is 2.58 bits per heavy atom. The molecule has 0 bridgehead atoms. The number of hydrogen-bond donors (Lipinski definition) is 1. The van der Waals surface area contributed by atoms with Crippen molar-refractivity contribution in [1.29, 1.82) is 0 Å². The first-order valence-corrected chi connectivity index (χ1v) is 7.24. The molecule has 1 aliphatic rings. The van der Waals surface area contributed by atoms with Crippen LogP contribution in [0.1, 0.15) is 68.7 Å². The van der Waals surface area contributed by atoms with E-state index in [0.29, 0.717) is 23.6 Å². The van der Waals surface area contributed by atoms with Crippen LogP contribution < -0.4 is 5.73 Å². The smallest absolute Gasteiger partial charge is 0.271 e. The van der Waals surface area contributed by atoms with Crippen molar-refractivity contribution in [1.82, 2.24) is 15.0 Å². The normalized spacial score (nSPS) is 17.5. The van der Waals surface area contributed by atoms with Gasteiger partial charge in [0.2, 0.25) is 0 Å². The molecule has 2 N–H and O–H groups in total. The van der Waals surface area contributed by atoms with Crippen LogP contribution >= 0.6 is 0 Å². The topological polar surface area (TPSA) is 73.8 Å². The van der Waals surface area contributed by atoms with E-state index in [1.165, 1.54) is 19.3 Å². The minimum absolute atomic E-state index is 0.316. The highest BCUT2D eigenvalue weighted by Crippen LogP contribution is 2.36. The number of nitrogens with two attached hydrogens (primary N) is 1. The third-order valence-corrected chi connectivity index (χ3v) is 4.20. The molecule has 1 atom stereocenters. The molecule has 1 saturated carbocycles. The number of nitrogens with zero attached hydrogens (tertiary/aromatic N) is 3. The van der Waals surface area contributed by atoms with Gasteiger partial charge in [0.1, 0.15) is 0 Å². The van der Waals surface area contributed by atoms with Crippen LogP contribution in [0.2, 0.25) is 0 Å². The molecule has 5 heteroatoms. The minimum Gasteiger partial charge on any atom is -0.364 e. The average Bonchev–Trinajstić information content (AvgIpc) is 2.67. The van der Waals surface area contributed by atoms with Crippen molar-refractivity contribution in [2.75, 3.05) is 0 Å². The lowest BCUT2D eigenvalue weighted by Crippen LogP contribution is -2.25. The van der Waals surface area contributed by atoms with Crippen LogP contribution in [0.4, 0.5) is 0 Å². The molecule has 19 heavy (non-hydrogen) atoms. The van der Waals surface area contributed by atoms with Crippen molar-refractivity contribution in [2.24, 2.45) is 17.6 Å². The van der Waals surface area contributed by atoms with Gasteiger partial charge in [-0.05, 0) is 44.4 Å². The quantitative estimate of drug-likeness (QED) is 0.857. The second-order valence-electron chi connectivity index (χ2n) is 6.06. The number of amides is 1. The molecule has 1 amide bonds. The molecule has 5 nitrogen and oxygen atoms in total. The van der Waals surface area contributed by atoms with E-state index in [2.05, 4.69) is 31.1 Å². The first kappa shape index (κ1) is 14.0.